The molecule has 0 aromatic heterocycles. The lowest BCUT2D eigenvalue weighted by atomic mass is 10.0. The number of benzene rings is 1. The first-order valence-electron chi connectivity index (χ1n) is 7.92. The van der Waals surface area contributed by atoms with Gasteiger partial charge in [-0.3, -0.25) is 4.79 Å². The van der Waals surface area contributed by atoms with Crippen molar-refractivity contribution in [2.45, 2.75) is 38.3 Å². The number of piperidine rings is 1. The van der Waals surface area contributed by atoms with Crippen LogP contribution in [0.25, 0.3) is 0 Å². The predicted octanol–water partition coefficient (Wildman–Crippen LogP) is 2.52. The summed E-state index contributed by atoms with van der Waals surface area (Å²) in [5.41, 5.74) is 2.13. The lowest BCUT2D eigenvalue weighted by Crippen LogP contribution is -2.45. The monoisotopic (exact) mass is 270 g/mol. The molecule has 4 rings (SSSR count). The molecule has 0 atom stereocenters. The van der Waals surface area contributed by atoms with Gasteiger partial charge in [-0.05, 0) is 43.2 Å². The molecule has 3 heteroatoms. The molecule has 0 bridgehead atoms. The summed E-state index contributed by atoms with van der Waals surface area (Å²) in [7, 11) is 0. The molecule has 3 nitrogen and oxygen atoms in total. The van der Waals surface area contributed by atoms with Crippen LogP contribution in [0.2, 0.25) is 0 Å². The van der Waals surface area contributed by atoms with Gasteiger partial charge >= 0.3 is 0 Å². The molecule has 1 aliphatic carbocycles. The van der Waals surface area contributed by atoms with Gasteiger partial charge in [0.2, 0.25) is 0 Å². The number of amides is 1. The Morgan fingerprint density at radius 1 is 1.05 bits per heavy atom. The average Bonchev–Trinajstić information content (AvgIpc) is 3.23. The largest absolute Gasteiger partial charge is 0.331 e. The first-order chi connectivity index (χ1) is 9.81. The van der Waals surface area contributed by atoms with Crippen molar-refractivity contribution in [2.75, 3.05) is 19.6 Å². The molecule has 0 N–H and O–H groups in total. The number of carbonyl (C=O) groups excluding carboxylic acids is 1. The first-order valence-corrected chi connectivity index (χ1v) is 7.92. The van der Waals surface area contributed by atoms with E-state index >= 15 is 0 Å². The molecular weight excluding hydrogens is 248 g/mol. The van der Waals surface area contributed by atoms with Gasteiger partial charge in [-0.2, -0.15) is 0 Å². The third-order valence-electron chi connectivity index (χ3n) is 5.06. The van der Waals surface area contributed by atoms with Crippen molar-refractivity contribution >= 4 is 5.91 Å². The summed E-state index contributed by atoms with van der Waals surface area (Å²) in [5.74, 6) is 1.23. The smallest absolute Gasteiger partial charge is 0.254 e. The van der Waals surface area contributed by atoms with Gasteiger partial charge in [0.05, 0.1) is 0 Å². The molecule has 2 aliphatic heterocycles. The Hall–Kier alpha value is -1.35. The molecule has 1 aromatic rings. The van der Waals surface area contributed by atoms with Crippen molar-refractivity contribution < 1.29 is 4.79 Å². The van der Waals surface area contributed by atoms with Crippen molar-refractivity contribution in [1.29, 1.82) is 0 Å². The number of rotatable bonds is 3. The molecular formula is C17H22N2O. The Bertz CT molecular complexity index is 515. The number of hydrogen-bond acceptors (Lipinski definition) is 2. The standard InChI is InChI=1S/C17H22N2O/c20-17-16-4-2-1-3-14(16)12-19(17)15-7-9-18(10-8-15)11-13-5-6-13/h1-4,13,15H,5-12H2. The van der Waals surface area contributed by atoms with Crippen molar-refractivity contribution in [3.05, 3.63) is 35.4 Å². The zero-order valence-electron chi connectivity index (χ0n) is 11.9. The van der Waals surface area contributed by atoms with E-state index in [9.17, 15) is 4.79 Å². The van der Waals surface area contributed by atoms with Gasteiger partial charge in [0.15, 0.2) is 0 Å². The second kappa shape index (κ2) is 4.88. The number of likely N-dealkylation sites (tertiary alicyclic amines) is 1. The number of nitrogens with zero attached hydrogens (tertiary/aromatic N) is 2. The molecule has 1 saturated carbocycles. The lowest BCUT2D eigenvalue weighted by Gasteiger charge is -2.36. The van der Waals surface area contributed by atoms with E-state index < -0.39 is 0 Å². The van der Waals surface area contributed by atoms with Gasteiger partial charge in [-0.25, -0.2) is 0 Å². The normalized spacial score (nSPS) is 24.2. The summed E-state index contributed by atoms with van der Waals surface area (Å²) in [6.07, 6.45) is 5.15. The predicted molar refractivity (Wildman–Crippen MR) is 78.5 cm³/mol. The van der Waals surface area contributed by atoms with E-state index in [1.165, 1.54) is 38.0 Å². The van der Waals surface area contributed by atoms with Gasteiger partial charge in [0, 0.05) is 37.8 Å². The molecule has 106 valence electrons. The molecule has 3 aliphatic rings. The lowest BCUT2D eigenvalue weighted by molar-refractivity contribution is 0.0593. The Kier molecular flexibility index (Phi) is 3.03. The SMILES string of the molecule is O=C1c2ccccc2CN1C1CCN(CC2CC2)CC1. The van der Waals surface area contributed by atoms with Gasteiger partial charge < -0.3 is 9.80 Å². The fourth-order valence-electron chi connectivity index (χ4n) is 3.65. The van der Waals surface area contributed by atoms with E-state index in [0.717, 1.165) is 30.9 Å². The van der Waals surface area contributed by atoms with Crippen LogP contribution in [0.15, 0.2) is 24.3 Å². The minimum Gasteiger partial charge on any atom is -0.331 e. The maximum absolute atomic E-state index is 12.5. The van der Waals surface area contributed by atoms with Crippen LogP contribution in [0.5, 0.6) is 0 Å². The van der Waals surface area contributed by atoms with Crippen molar-refractivity contribution in [2.24, 2.45) is 5.92 Å². The zero-order valence-corrected chi connectivity index (χ0v) is 11.9. The highest BCUT2D eigenvalue weighted by atomic mass is 16.2. The average molecular weight is 270 g/mol. The Labute approximate surface area is 120 Å². The summed E-state index contributed by atoms with van der Waals surface area (Å²) in [6.45, 7) is 4.45. The number of hydrogen-bond donors (Lipinski definition) is 0. The molecule has 0 radical (unpaired) electrons. The van der Waals surface area contributed by atoms with Crippen LogP contribution in [0.3, 0.4) is 0 Å². The maximum atomic E-state index is 12.5. The minimum atomic E-state index is 0.251. The topological polar surface area (TPSA) is 23.6 Å². The van der Waals surface area contributed by atoms with Crippen molar-refractivity contribution in [3.8, 4) is 0 Å². The van der Waals surface area contributed by atoms with E-state index in [0.29, 0.717) is 6.04 Å². The van der Waals surface area contributed by atoms with Crippen molar-refractivity contribution in [1.82, 2.24) is 9.80 Å². The molecule has 0 unspecified atom stereocenters. The van der Waals surface area contributed by atoms with Gasteiger partial charge in [0.25, 0.3) is 5.91 Å². The van der Waals surface area contributed by atoms with Gasteiger partial charge in [0.1, 0.15) is 0 Å². The maximum Gasteiger partial charge on any atom is 0.254 e. The van der Waals surface area contributed by atoms with E-state index in [-0.39, 0.29) is 5.91 Å². The molecule has 20 heavy (non-hydrogen) atoms. The fraction of sp³-hybridized carbons (Fsp3) is 0.588. The second-order valence-corrected chi connectivity index (χ2v) is 6.57. The van der Waals surface area contributed by atoms with Crippen LogP contribution < -0.4 is 0 Å². The minimum absolute atomic E-state index is 0.251. The third kappa shape index (κ3) is 2.24. The number of carbonyl (C=O) groups is 1. The van der Waals surface area contributed by atoms with Gasteiger partial charge in [-0.15, -0.1) is 0 Å². The van der Waals surface area contributed by atoms with E-state index in [1.807, 2.05) is 18.2 Å². The summed E-state index contributed by atoms with van der Waals surface area (Å²) in [4.78, 5) is 17.2. The Morgan fingerprint density at radius 2 is 1.80 bits per heavy atom. The first kappa shape index (κ1) is 12.4. The second-order valence-electron chi connectivity index (χ2n) is 6.57. The molecule has 2 fully saturated rings. The van der Waals surface area contributed by atoms with Crippen LogP contribution in [0, 0.1) is 5.92 Å². The molecule has 1 saturated heterocycles. The fourth-order valence-corrected chi connectivity index (χ4v) is 3.65. The quantitative estimate of drug-likeness (QED) is 0.842. The molecule has 1 aromatic carbocycles. The number of fused-ring (bicyclic) bond motifs is 1. The molecule has 1 amide bonds. The Morgan fingerprint density at radius 3 is 2.50 bits per heavy atom. The summed E-state index contributed by atoms with van der Waals surface area (Å²) >= 11 is 0. The summed E-state index contributed by atoms with van der Waals surface area (Å²) in [6, 6.07) is 8.52. The highest BCUT2D eigenvalue weighted by molar-refractivity contribution is 5.98. The van der Waals surface area contributed by atoms with Crippen LogP contribution in [0.1, 0.15) is 41.6 Å². The van der Waals surface area contributed by atoms with Crippen LogP contribution >= 0.6 is 0 Å². The highest BCUT2D eigenvalue weighted by Gasteiger charge is 2.35. The van der Waals surface area contributed by atoms with Crippen LogP contribution in [0.4, 0.5) is 0 Å². The van der Waals surface area contributed by atoms with E-state index in [1.54, 1.807) is 0 Å². The van der Waals surface area contributed by atoms with Crippen LogP contribution in [-0.4, -0.2) is 41.4 Å². The molecule has 0 spiro atoms. The van der Waals surface area contributed by atoms with Crippen LogP contribution in [-0.2, 0) is 6.54 Å². The van der Waals surface area contributed by atoms with E-state index in [2.05, 4.69) is 15.9 Å². The zero-order chi connectivity index (χ0) is 13.5. The molecule has 2 heterocycles. The summed E-state index contributed by atoms with van der Waals surface area (Å²) in [5, 5.41) is 0. The van der Waals surface area contributed by atoms with E-state index in [4.69, 9.17) is 0 Å². The highest BCUT2D eigenvalue weighted by Crippen LogP contribution is 2.32. The van der Waals surface area contributed by atoms with Crippen molar-refractivity contribution in [3.63, 3.8) is 0 Å². The Balaban J connectivity index is 1.39. The summed E-state index contributed by atoms with van der Waals surface area (Å²) < 4.78 is 0. The van der Waals surface area contributed by atoms with Gasteiger partial charge in [-0.1, -0.05) is 18.2 Å². The third-order valence-corrected chi connectivity index (χ3v) is 5.06.